The van der Waals surface area contributed by atoms with Gasteiger partial charge in [-0.1, -0.05) is 6.07 Å². The molecule has 176 valence electrons. The van der Waals surface area contributed by atoms with E-state index in [2.05, 4.69) is 15.5 Å². The second kappa shape index (κ2) is 11.0. The first kappa shape index (κ1) is 23.5. The molecule has 8 nitrogen and oxygen atoms in total. The average molecular weight is 480 g/mol. The minimum Gasteiger partial charge on any atom is -0.449 e. The van der Waals surface area contributed by atoms with Gasteiger partial charge in [-0.25, -0.2) is 4.79 Å². The van der Waals surface area contributed by atoms with Gasteiger partial charge in [0.1, 0.15) is 0 Å². The molecule has 1 aromatic heterocycles. The average Bonchev–Trinajstić information content (AvgIpc) is 3.41. The molecule has 0 unspecified atom stereocenters. The van der Waals surface area contributed by atoms with Crippen molar-refractivity contribution in [2.45, 2.75) is 13.0 Å². The number of benzene rings is 2. The van der Waals surface area contributed by atoms with Crippen LogP contribution in [0.3, 0.4) is 0 Å². The van der Waals surface area contributed by atoms with Gasteiger partial charge in [-0.05, 0) is 66.9 Å². The summed E-state index contributed by atoms with van der Waals surface area (Å²) in [7, 11) is 0. The summed E-state index contributed by atoms with van der Waals surface area (Å²) < 4.78 is 10.7. The highest BCUT2D eigenvalue weighted by Gasteiger charge is 2.20. The smallest absolute Gasteiger partial charge is 0.338 e. The van der Waals surface area contributed by atoms with Crippen molar-refractivity contribution in [2.24, 2.45) is 0 Å². The Kier molecular flexibility index (Phi) is 7.56. The molecule has 1 atom stereocenters. The minimum atomic E-state index is -0.982. The SMILES string of the molecule is C[C@H](OC(=O)c1ccc(NC(=O)c2cccs2)cc1)C(=O)Nc1ccc(N2CCOCC2)cc1. The van der Waals surface area contributed by atoms with Gasteiger partial charge in [0.05, 0.1) is 23.7 Å². The van der Waals surface area contributed by atoms with Gasteiger partial charge < -0.3 is 25.0 Å². The van der Waals surface area contributed by atoms with Gasteiger partial charge in [0.2, 0.25) is 0 Å². The van der Waals surface area contributed by atoms with E-state index >= 15 is 0 Å². The Labute approximate surface area is 201 Å². The van der Waals surface area contributed by atoms with Crippen LogP contribution in [0.15, 0.2) is 66.0 Å². The van der Waals surface area contributed by atoms with Crippen LogP contribution in [-0.4, -0.2) is 50.2 Å². The Bertz CT molecular complexity index is 1120. The first-order chi connectivity index (χ1) is 16.5. The van der Waals surface area contributed by atoms with Gasteiger partial charge in [-0.3, -0.25) is 9.59 Å². The zero-order chi connectivity index (χ0) is 23.9. The number of morpholine rings is 1. The van der Waals surface area contributed by atoms with E-state index in [0.29, 0.717) is 29.5 Å². The van der Waals surface area contributed by atoms with E-state index in [1.54, 1.807) is 36.4 Å². The molecular weight excluding hydrogens is 454 g/mol. The van der Waals surface area contributed by atoms with Crippen molar-refractivity contribution in [3.8, 4) is 0 Å². The number of nitrogens with one attached hydrogen (secondary N) is 2. The van der Waals surface area contributed by atoms with Crippen LogP contribution < -0.4 is 15.5 Å². The van der Waals surface area contributed by atoms with Gasteiger partial charge in [0.15, 0.2) is 6.10 Å². The molecule has 0 aliphatic carbocycles. The molecule has 34 heavy (non-hydrogen) atoms. The number of nitrogens with zero attached hydrogens (tertiary/aromatic N) is 1. The molecular formula is C25H25N3O5S. The summed E-state index contributed by atoms with van der Waals surface area (Å²) in [5.74, 6) is -1.26. The number of hydrogen-bond acceptors (Lipinski definition) is 7. The van der Waals surface area contributed by atoms with Gasteiger partial charge in [-0.15, -0.1) is 11.3 Å². The molecule has 0 saturated carbocycles. The number of ether oxygens (including phenoxy) is 2. The maximum Gasteiger partial charge on any atom is 0.338 e. The van der Waals surface area contributed by atoms with E-state index in [9.17, 15) is 14.4 Å². The molecule has 1 saturated heterocycles. The lowest BCUT2D eigenvalue weighted by Gasteiger charge is -2.28. The van der Waals surface area contributed by atoms with Crippen molar-refractivity contribution in [2.75, 3.05) is 41.8 Å². The van der Waals surface area contributed by atoms with Crippen molar-refractivity contribution in [1.82, 2.24) is 0 Å². The normalized spacial score (nSPS) is 14.2. The Hall–Kier alpha value is -3.69. The number of hydrogen-bond donors (Lipinski definition) is 2. The maximum atomic E-state index is 12.5. The second-order valence-corrected chi connectivity index (χ2v) is 8.64. The topological polar surface area (TPSA) is 97.0 Å². The molecule has 2 amide bonds. The fourth-order valence-corrected chi connectivity index (χ4v) is 4.01. The molecule has 1 fully saturated rings. The molecule has 9 heteroatoms. The number of anilines is 3. The highest BCUT2D eigenvalue weighted by atomic mass is 32.1. The predicted octanol–water partition coefficient (Wildman–Crippen LogP) is 4.02. The largest absolute Gasteiger partial charge is 0.449 e. The van der Waals surface area contributed by atoms with Crippen molar-refractivity contribution in [1.29, 1.82) is 0 Å². The molecule has 0 radical (unpaired) electrons. The Morgan fingerprint density at radius 1 is 0.941 bits per heavy atom. The monoisotopic (exact) mass is 479 g/mol. The molecule has 3 aromatic rings. The standard InChI is InChI=1S/C25H25N3O5S/c1-17(23(29)26-20-8-10-21(11-9-20)28-12-14-32-15-13-28)33-25(31)18-4-6-19(7-5-18)27-24(30)22-3-2-16-34-22/h2-11,16-17H,12-15H2,1H3,(H,26,29)(H,27,30)/t17-/m0/s1. The van der Waals surface area contributed by atoms with Crippen molar-refractivity contribution in [3.63, 3.8) is 0 Å². The molecule has 2 aromatic carbocycles. The summed E-state index contributed by atoms with van der Waals surface area (Å²) in [6.07, 6.45) is -0.982. The lowest BCUT2D eigenvalue weighted by atomic mass is 10.2. The first-order valence-electron chi connectivity index (χ1n) is 10.9. The summed E-state index contributed by atoms with van der Waals surface area (Å²) in [6, 6.07) is 17.4. The van der Waals surface area contributed by atoms with Gasteiger partial charge in [-0.2, -0.15) is 0 Å². The summed E-state index contributed by atoms with van der Waals surface area (Å²) >= 11 is 1.34. The van der Waals surface area contributed by atoms with Gasteiger partial charge >= 0.3 is 5.97 Å². The number of esters is 1. The third-order valence-electron chi connectivity index (χ3n) is 5.29. The zero-order valence-corrected chi connectivity index (χ0v) is 19.5. The van der Waals surface area contributed by atoms with Crippen molar-refractivity contribution in [3.05, 3.63) is 76.5 Å². The number of carbonyl (C=O) groups is 3. The fourth-order valence-electron chi connectivity index (χ4n) is 3.39. The van der Waals surface area contributed by atoms with E-state index < -0.39 is 18.0 Å². The number of rotatable bonds is 7. The van der Waals surface area contributed by atoms with Crippen LogP contribution in [0.5, 0.6) is 0 Å². The second-order valence-electron chi connectivity index (χ2n) is 7.69. The van der Waals surface area contributed by atoms with Crippen LogP contribution >= 0.6 is 11.3 Å². The Morgan fingerprint density at radius 2 is 1.59 bits per heavy atom. The number of thiophene rings is 1. The van der Waals surface area contributed by atoms with Gasteiger partial charge in [0, 0.05) is 30.2 Å². The van der Waals surface area contributed by atoms with Crippen LogP contribution in [-0.2, 0) is 14.3 Å². The summed E-state index contributed by atoms with van der Waals surface area (Å²) in [5, 5.41) is 7.36. The van der Waals surface area contributed by atoms with Crippen LogP contribution in [0.25, 0.3) is 0 Å². The Morgan fingerprint density at radius 3 is 2.24 bits per heavy atom. The highest BCUT2D eigenvalue weighted by Crippen LogP contribution is 2.20. The van der Waals surface area contributed by atoms with Crippen molar-refractivity contribution < 1.29 is 23.9 Å². The van der Waals surface area contributed by atoms with Crippen molar-refractivity contribution >= 4 is 46.2 Å². The third kappa shape index (κ3) is 6.00. The lowest BCUT2D eigenvalue weighted by Crippen LogP contribution is -2.36. The van der Waals surface area contributed by atoms with Crippen LogP contribution in [0.4, 0.5) is 17.1 Å². The highest BCUT2D eigenvalue weighted by molar-refractivity contribution is 7.12. The first-order valence-corrected chi connectivity index (χ1v) is 11.8. The van der Waals surface area contributed by atoms with E-state index in [1.165, 1.54) is 18.3 Å². The molecule has 0 spiro atoms. The Balaban J connectivity index is 1.27. The third-order valence-corrected chi connectivity index (χ3v) is 6.16. The quantitative estimate of drug-likeness (QED) is 0.497. The van der Waals surface area contributed by atoms with Crippen LogP contribution in [0.2, 0.25) is 0 Å². The summed E-state index contributed by atoms with van der Waals surface area (Å²) in [5.41, 5.74) is 2.52. The van der Waals surface area contributed by atoms with E-state index in [-0.39, 0.29) is 11.5 Å². The molecule has 4 rings (SSSR count). The number of carbonyl (C=O) groups excluding carboxylic acids is 3. The predicted molar refractivity (Wildman–Crippen MR) is 132 cm³/mol. The van der Waals surface area contributed by atoms with E-state index in [4.69, 9.17) is 9.47 Å². The number of amides is 2. The molecule has 1 aliphatic rings. The summed E-state index contributed by atoms with van der Waals surface area (Å²) in [4.78, 5) is 39.9. The molecule has 2 heterocycles. The van der Waals surface area contributed by atoms with Gasteiger partial charge in [0.25, 0.3) is 11.8 Å². The minimum absolute atomic E-state index is 0.214. The molecule has 1 aliphatic heterocycles. The van der Waals surface area contributed by atoms with Crippen LogP contribution in [0.1, 0.15) is 27.0 Å². The van der Waals surface area contributed by atoms with Crippen LogP contribution in [0, 0.1) is 0 Å². The van der Waals surface area contributed by atoms with E-state index in [0.717, 1.165) is 18.8 Å². The zero-order valence-electron chi connectivity index (χ0n) is 18.7. The molecule has 0 bridgehead atoms. The molecule has 2 N–H and O–H groups in total. The lowest BCUT2D eigenvalue weighted by molar-refractivity contribution is -0.123. The maximum absolute atomic E-state index is 12.5. The van der Waals surface area contributed by atoms with E-state index in [1.807, 2.05) is 29.6 Å². The summed E-state index contributed by atoms with van der Waals surface area (Å²) in [6.45, 7) is 4.59. The fraction of sp³-hybridized carbons (Fsp3) is 0.240.